The first-order chi connectivity index (χ1) is 8.29. The summed E-state index contributed by atoms with van der Waals surface area (Å²) in [6.07, 6.45) is 0.117. The molecule has 3 aliphatic rings. The van der Waals surface area contributed by atoms with Crippen molar-refractivity contribution in [2.45, 2.75) is 19.1 Å². The molecule has 1 aromatic carbocycles. The van der Waals surface area contributed by atoms with Gasteiger partial charge in [0.1, 0.15) is 0 Å². The molecule has 0 saturated carbocycles. The summed E-state index contributed by atoms with van der Waals surface area (Å²) >= 11 is 0. The van der Waals surface area contributed by atoms with E-state index in [0.717, 1.165) is 17.1 Å². The zero-order valence-corrected chi connectivity index (χ0v) is 9.55. The molecule has 0 aliphatic carbocycles. The molecule has 0 spiro atoms. The highest BCUT2D eigenvalue weighted by Crippen LogP contribution is 2.58. The fourth-order valence-electron chi connectivity index (χ4n) is 3.27. The summed E-state index contributed by atoms with van der Waals surface area (Å²) in [7, 11) is 0. The molecule has 4 atom stereocenters. The maximum absolute atomic E-state index is 9.44. The van der Waals surface area contributed by atoms with Gasteiger partial charge in [0.25, 0.3) is 0 Å². The summed E-state index contributed by atoms with van der Waals surface area (Å²) in [5.41, 5.74) is 2.37. The van der Waals surface area contributed by atoms with Crippen molar-refractivity contribution in [3.8, 4) is 11.5 Å². The lowest BCUT2D eigenvalue weighted by atomic mass is 9.77. The van der Waals surface area contributed by atoms with Gasteiger partial charge in [0.2, 0.25) is 6.79 Å². The lowest BCUT2D eigenvalue weighted by Gasteiger charge is -2.25. The van der Waals surface area contributed by atoms with E-state index in [0.29, 0.717) is 12.7 Å². The van der Waals surface area contributed by atoms with E-state index in [-0.39, 0.29) is 24.7 Å². The standard InChI is InChI=1S/C13H14O4/c1-6-9(4-14)13-8-3-11-10(15-5-16-11)2-7(8)12(6)17-13/h2-3,6,9,12-14H,4-5H2,1H3/t6-,9+,12+,13?/m0/s1. The fraction of sp³-hybridized carbons (Fsp3) is 0.538. The third-order valence-corrected chi connectivity index (χ3v) is 4.24. The fourth-order valence-corrected chi connectivity index (χ4v) is 3.27. The van der Waals surface area contributed by atoms with Crippen LogP contribution in [0.4, 0.5) is 0 Å². The van der Waals surface area contributed by atoms with Crippen LogP contribution in [0.25, 0.3) is 0 Å². The minimum atomic E-state index is 0.0181. The summed E-state index contributed by atoms with van der Waals surface area (Å²) in [6, 6.07) is 4.04. The van der Waals surface area contributed by atoms with Gasteiger partial charge in [0, 0.05) is 12.5 Å². The summed E-state index contributed by atoms with van der Waals surface area (Å²) in [6.45, 7) is 2.61. The van der Waals surface area contributed by atoms with Gasteiger partial charge in [-0.2, -0.15) is 0 Å². The number of fused-ring (bicyclic) bond motifs is 6. The zero-order chi connectivity index (χ0) is 11.6. The molecule has 3 heterocycles. The van der Waals surface area contributed by atoms with E-state index >= 15 is 0 Å². The lowest BCUT2D eigenvalue weighted by Crippen LogP contribution is -2.22. The van der Waals surface area contributed by atoms with Crippen LogP contribution < -0.4 is 9.47 Å². The Labute approximate surface area is 99.1 Å². The third kappa shape index (κ3) is 1.10. The Morgan fingerprint density at radius 2 is 1.82 bits per heavy atom. The molecule has 2 bridgehead atoms. The van der Waals surface area contributed by atoms with E-state index in [2.05, 4.69) is 6.92 Å². The molecule has 0 aromatic heterocycles. The first-order valence-electron chi connectivity index (χ1n) is 5.99. The second-order valence-electron chi connectivity index (χ2n) is 5.02. The summed E-state index contributed by atoms with van der Waals surface area (Å²) in [5, 5.41) is 9.44. The van der Waals surface area contributed by atoms with Crippen molar-refractivity contribution in [2.75, 3.05) is 13.4 Å². The maximum Gasteiger partial charge on any atom is 0.231 e. The largest absolute Gasteiger partial charge is 0.454 e. The monoisotopic (exact) mass is 234 g/mol. The van der Waals surface area contributed by atoms with Gasteiger partial charge in [-0.15, -0.1) is 0 Å². The summed E-state index contributed by atoms with van der Waals surface area (Å²) < 4.78 is 16.7. The van der Waals surface area contributed by atoms with Crippen LogP contribution in [0.5, 0.6) is 11.5 Å². The molecule has 0 radical (unpaired) electrons. The van der Waals surface area contributed by atoms with Crippen molar-refractivity contribution in [3.05, 3.63) is 23.3 Å². The van der Waals surface area contributed by atoms with Gasteiger partial charge in [-0.05, 0) is 29.2 Å². The Balaban J connectivity index is 1.85. The smallest absolute Gasteiger partial charge is 0.231 e. The summed E-state index contributed by atoms with van der Waals surface area (Å²) in [5.74, 6) is 2.17. The van der Waals surface area contributed by atoms with Gasteiger partial charge in [0.15, 0.2) is 11.5 Å². The summed E-state index contributed by atoms with van der Waals surface area (Å²) in [4.78, 5) is 0. The molecule has 1 fully saturated rings. The molecule has 0 amide bonds. The van der Waals surface area contributed by atoms with Crippen LogP contribution in [0.3, 0.4) is 0 Å². The van der Waals surface area contributed by atoms with Crippen LogP contribution in [0.15, 0.2) is 12.1 Å². The normalized spacial score (nSPS) is 36.4. The molecule has 4 nitrogen and oxygen atoms in total. The minimum absolute atomic E-state index is 0.0181. The van der Waals surface area contributed by atoms with Crippen molar-refractivity contribution < 1.29 is 19.3 Å². The van der Waals surface area contributed by atoms with Gasteiger partial charge in [-0.1, -0.05) is 6.92 Å². The number of hydrogen-bond acceptors (Lipinski definition) is 4. The first-order valence-corrected chi connectivity index (χ1v) is 5.99. The van der Waals surface area contributed by atoms with Gasteiger partial charge >= 0.3 is 0 Å². The van der Waals surface area contributed by atoms with E-state index in [4.69, 9.17) is 14.2 Å². The van der Waals surface area contributed by atoms with Gasteiger partial charge in [0.05, 0.1) is 12.2 Å². The molecule has 17 heavy (non-hydrogen) atoms. The first kappa shape index (κ1) is 9.74. The molecule has 4 heteroatoms. The Bertz CT molecular complexity index is 485. The Kier molecular flexibility index (Phi) is 1.80. The number of aliphatic hydroxyl groups excluding tert-OH is 1. The van der Waals surface area contributed by atoms with Crippen LogP contribution >= 0.6 is 0 Å². The molecule has 4 rings (SSSR count). The van der Waals surface area contributed by atoms with E-state index < -0.39 is 0 Å². The molecule has 90 valence electrons. The molecular weight excluding hydrogens is 220 g/mol. The zero-order valence-electron chi connectivity index (χ0n) is 9.55. The second-order valence-corrected chi connectivity index (χ2v) is 5.02. The predicted molar refractivity (Wildman–Crippen MR) is 58.9 cm³/mol. The molecular formula is C13H14O4. The minimum Gasteiger partial charge on any atom is -0.454 e. The second kappa shape index (κ2) is 3.15. The van der Waals surface area contributed by atoms with Crippen LogP contribution in [0, 0.1) is 11.8 Å². The van der Waals surface area contributed by atoms with Crippen molar-refractivity contribution in [1.29, 1.82) is 0 Å². The van der Waals surface area contributed by atoms with Crippen LogP contribution in [-0.2, 0) is 4.74 Å². The molecule has 1 aromatic rings. The highest BCUT2D eigenvalue weighted by Gasteiger charge is 2.50. The topological polar surface area (TPSA) is 47.9 Å². The molecule has 1 unspecified atom stereocenters. The molecule has 3 aliphatic heterocycles. The van der Waals surface area contributed by atoms with E-state index in [1.54, 1.807) is 0 Å². The van der Waals surface area contributed by atoms with Crippen LogP contribution in [0.1, 0.15) is 30.3 Å². The Morgan fingerprint density at radius 1 is 1.18 bits per heavy atom. The van der Waals surface area contributed by atoms with E-state index in [9.17, 15) is 5.11 Å². The predicted octanol–water partition coefficient (Wildman–Crippen LogP) is 1.79. The number of benzene rings is 1. The lowest BCUT2D eigenvalue weighted by molar-refractivity contribution is 0.0479. The van der Waals surface area contributed by atoms with Gasteiger partial charge in [-0.3, -0.25) is 0 Å². The van der Waals surface area contributed by atoms with E-state index in [1.165, 1.54) is 5.56 Å². The molecule has 1 saturated heterocycles. The average Bonchev–Trinajstić information content (AvgIpc) is 2.98. The highest BCUT2D eigenvalue weighted by atomic mass is 16.7. The molecule has 1 N–H and O–H groups in total. The number of hydrogen-bond donors (Lipinski definition) is 1. The Hall–Kier alpha value is -1.26. The number of aliphatic hydroxyl groups is 1. The van der Waals surface area contributed by atoms with Crippen molar-refractivity contribution in [2.24, 2.45) is 11.8 Å². The highest BCUT2D eigenvalue weighted by molar-refractivity contribution is 5.53. The van der Waals surface area contributed by atoms with Crippen molar-refractivity contribution >= 4 is 0 Å². The van der Waals surface area contributed by atoms with Crippen LogP contribution in [-0.4, -0.2) is 18.5 Å². The van der Waals surface area contributed by atoms with E-state index in [1.807, 2.05) is 12.1 Å². The quantitative estimate of drug-likeness (QED) is 0.804. The van der Waals surface area contributed by atoms with Crippen molar-refractivity contribution in [3.63, 3.8) is 0 Å². The SMILES string of the molecule is C[C@@H]1[C@H]2OC(c3cc4c(cc32)OCO4)[C@@H]1CO. The third-order valence-electron chi connectivity index (χ3n) is 4.24. The van der Waals surface area contributed by atoms with Crippen LogP contribution in [0.2, 0.25) is 0 Å². The number of ether oxygens (including phenoxy) is 3. The van der Waals surface area contributed by atoms with Crippen molar-refractivity contribution in [1.82, 2.24) is 0 Å². The average molecular weight is 234 g/mol. The Morgan fingerprint density at radius 3 is 2.47 bits per heavy atom. The van der Waals surface area contributed by atoms with Gasteiger partial charge in [-0.25, -0.2) is 0 Å². The number of rotatable bonds is 1. The van der Waals surface area contributed by atoms with Gasteiger partial charge < -0.3 is 19.3 Å². The maximum atomic E-state index is 9.44.